The summed E-state index contributed by atoms with van der Waals surface area (Å²) >= 11 is 5.91. The molecule has 2 fully saturated rings. The molecule has 10 nitrogen and oxygen atoms in total. The monoisotopic (exact) mass is 529 g/mol. The normalized spacial score (nSPS) is 23.7. The van der Waals surface area contributed by atoms with Crippen LogP contribution < -0.4 is 21.4 Å². The number of nitrogens with zero attached hydrogens (tertiary/aromatic N) is 3. The fourth-order valence-corrected chi connectivity index (χ4v) is 5.03. The van der Waals surface area contributed by atoms with Crippen molar-refractivity contribution in [2.24, 2.45) is 0 Å². The Morgan fingerprint density at radius 2 is 2.03 bits per heavy atom. The second-order valence-corrected chi connectivity index (χ2v) is 9.93. The highest BCUT2D eigenvalue weighted by molar-refractivity contribution is 6.30. The van der Waals surface area contributed by atoms with Crippen LogP contribution in [0.2, 0.25) is 5.02 Å². The molecule has 200 valence electrons. The lowest BCUT2D eigenvalue weighted by molar-refractivity contribution is -0.132. The van der Waals surface area contributed by atoms with Gasteiger partial charge in [-0.05, 0) is 62.0 Å². The summed E-state index contributed by atoms with van der Waals surface area (Å²) in [5.74, 6) is 0.102. The van der Waals surface area contributed by atoms with Crippen LogP contribution in [0.1, 0.15) is 36.5 Å². The molecule has 0 radical (unpaired) electrons. The number of piperazine rings is 1. The van der Waals surface area contributed by atoms with E-state index in [1.165, 1.54) is 0 Å². The Hall–Kier alpha value is -2.92. The van der Waals surface area contributed by atoms with Gasteiger partial charge in [0, 0.05) is 43.2 Å². The molecular weight excluding hydrogens is 494 g/mol. The van der Waals surface area contributed by atoms with Gasteiger partial charge in [-0.15, -0.1) is 0 Å². The lowest BCUT2D eigenvalue weighted by atomic mass is 9.93. The van der Waals surface area contributed by atoms with Crippen LogP contribution in [0.15, 0.2) is 48.7 Å². The van der Waals surface area contributed by atoms with E-state index in [-0.39, 0.29) is 23.8 Å². The quantitative estimate of drug-likeness (QED) is 0.255. The number of hydrogen-bond donors (Lipinski definition) is 4. The summed E-state index contributed by atoms with van der Waals surface area (Å²) in [6.07, 6.45) is 9.54. The Morgan fingerprint density at radius 3 is 2.76 bits per heavy atom. The van der Waals surface area contributed by atoms with Crippen LogP contribution in [0.25, 0.3) is 0 Å². The Morgan fingerprint density at radius 1 is 1.22 bits per heavy atom. The van der Waals surface area contributed by atoms with E-state index in [0.29, 0.717) is 62.8 Å². The minimum Gasteiger partial charge on any atom is -0.364 e. The Kier molecular flexibility index (Phi) is 9.20. The standard InChI is InChI=1S/C26H36ClN7O3/c1-2-12-28-17-24(36)32-16-14-29-23(18-32)26(11-3-4-13-30-26)34-19-33(31-25(34)37)15-5-6-22(35)20-7-9-21(27)10-8-20/h3-4,7-11,13,23,28-30H,2,5-6,12,14-19H2,1H3,(H,31,37). The number of hydrazine groups is 1. The van der Waals surface area contributed by atoms with Crippen molar-refractivity contribution in [3.63, 3.8) is 0 Å². The largest absolute Gasteiger partial charge is 0.364 e. The topological polar surface area (TPSA) is 109 Å². The van der Waals surface area contributed by atoms with E-state index in [1.54, 1.807) is 29.2 Å². The molecule has 0 spiro atoms. The number of ketones is 1. The van der Waals surface area contributed by atoms with Crippen molar-refractivity contribution >= 4 is 29.3 Å². The molecule has 2 atom stereocenters. The summed E-state index contributed by atoms with van der Waals surface area (Å²) in [6, 6.07) is 6.44. The average molecular weight is 530 g/mol. The van der Waals surface area contributed by atoms with Gasteiger partial charge in [-0.2, -0.15) is 0 Å². The van der Waals surface area contributed by atoms with Gasteiger partial charge in [-0.1, -0.05) is 24.6 Å². The van der Waals surface area contributed by atoms with Gasteiger partial charge in [-0.25, -0.2) is 9.80 Å². The Labute approximate surface area is 223 Å². The van der Waals surface area contributed by atoms with E-state index in [0.717, 1.165) is 13.0 Å². The van der Waals surface area contributed by atoms with Crippen molar-refractivity contribution < 1.29 is 14.4 Å². The van der Waals surface area contributed by atoms with E-state index >= 15 is 0 Å². The van der Waals surface area contributed by atoms with Crippen molar-refractivity contribution in [1.29, 1.82) is 0 Å². The summed E-state index contributed by atoms with van der Waals surface area (Å²) in [5.41, 5.74) is 2.72. The number of carbonyl (C=O) groups is 3. The first-order valence-electron chi connectivity index (χ1n) is 12.9. The molecule has 2 unspecified atom stereocenters. The molecule has 1 aromatic carbocycles. The smallest absolute Gasteiger partial charge is 0.335 e. The van der Waals surface area contributed by atoms with Gasteiger partial charge < -0.3 is 20.9 Å². The number of benzene rings is 1. The number of dihydropyridines is 1. The van der Waals surface area contributed by atoms with Gasteiger partial charge >= 0.3 is 6.03 Å². The van der Waals surface area contributed by atoms with Crippen LogP contribution in [-0.2, 0) is 4.79 Å². The van der Waals surface area contributed by atoms with E-state index in [4.69, 9.17) is 11.6 Å². The number of nitrogens with one attached hydrogen (secondary N) is 4. The molecule has 0 aliphatic carbocycles. The van der Waals surface area contributed by atoms with E-state index in [9.17, 15) is 14.4 Å². The fourth-order valence-electron chi connectivity index (χ4n) is 4.90. The lowest BCUT2D eigenvalue weighted by Crippen LogP contribution is -2.73. The zero-order valence-corrected chi connectivity index (χ0v) is 22.0. The number of amides is 3. The molecule has 0 bridgehead atoms. The van der Waals surface area contributed by atoms with Crippen LogP contribution in [0, 0.1) is 0 Å². The molecule has 3 aliphatic heterocycles. The zero-order valence-electron chi connectivity index (χ0n) is 21.2. The van der Waals surface area contributed by atoms with Crippen LogP contribution in [0.4, 0.5) is 4.79 Å². The van der Waals surface area contributed by atoms with Gasteiger partial charge in [0.2, 0.25) is 5.91 Å². The SMILES string of the molecule is CCCNCC(=O)N1CCNC(C2(N3CN(CCCC(=O)c4ccc(Cl)cc4)NC3=O)C=CC=CN2)C1. The molecule has 0 saturated carbocycles. The number of rotatable bonds is 11. The average Bonchev–Trinajstić information content (AvgIpc) is 3.30. The maximum absolute atomic E-state index is 13.1. The molecule has 11 heteroatoms. The predicted molar refractivity (Wildman–Crippen MR) is 143 cm³/mol. The minimum absolute atomic E-state index is 0.0436. The molecule has 3 aliphatic rings. The maximum atomic E-state index is 13.1. The fraction of sp³-hybridized carbons (Fsp3) is 0.500. The molecule has 2 saturated heterocycles. The molecule has 37 heavy (non-hydrogen) atoms. The first-order chi connectivity index (χ1) is 17.9. The predicted octanol–water partition coefficient (Wildman–Crippen LogP) is 1.67. The third-order valence-electron chi connectivity index (χ3n) is 6.89. The molecule has 1 aromatic rings. The van der Waals surface area contributed by atoms with Gasteiger partial charge in [0.15, 0.2) is 11.4 Å². The molecule has 4 rings (SSSR count). The summed E-state index contributed by atoms with van der Waals surface area (Å²) in [7, 11) is 0. The van der Waals surface area contributed by atoms with Gasteiger partial charge in [-0.3, -0.25) is 19.9 Å². The zero-order chi connectivity index (χ0) is 26.3. The molecule has 3 amide bonds. The van der Waals surface area contributed by atoms with E-state index in [1.807, 2.05) is 34.3 Å². The van der Waals surface area contributed by atoms with E-state index < -0.39 is 5.66 Å². The van der Waals surface area contributed by atoms with Gasteiger partial charge in [0.25, 0.3) is 0 Å². The Bertz CT molecular complexity index is 1030. The molecule has 4 N–H and O–H groups in total. The highest BCUT2D eigenvalue weighted by Gasteiger charge is 2.49. The first-order valence-corrected chi connectivity index (χ1v) is 13.3. The number of carbonyl (C=O) groups excluding carboxylic acids is 3. The van der Waals surface area contributed by atoms with Crippen LogP contribution in [0.3, 0.4) is 0 Å². The first kappa shape index (κ1) is 27.1. The van der Waals surface area contributed by atoms with Crippen LogP contribution >= 0.6 is 11.6 Å². The third-order valence-corrected chi connectivity index (χ3v) is 7.14. The molecule has 0 aromatic heterocycles. The lowest BCUT2D eigenvalue weighted by Gasteiger charge is -2.49. The highest BCUT2D eigenvalue weighted by atomic mass is 35.5. The number of Topliss-reactive ketones (excluding diaryl/α,β-unsaturated/α-hetero) is 1. The van der Waals surface area contributed by atoms with E-state index in [2.05, 4.69) is 28.3 Å². The van der Waals surface area contributed by atoms with Crippen LogP contribution in [-0.4, -0.2) is 90.2 Å². The Balaban J connectivity index is 1.37. The summed E-state index contributed by atoms with van der Waals surface area (Å²) < 4.78 is 0. The van der Waals surface area contributed by atoms with Gasteiger partial charge in [0.05, 0.1) is 19.3 Å². The van der Waals surface area contributed by atoms with Crippen molar-refractivity contribution in [3.8, 4) is 0 Å². The highest BCUT2D eigenvalue weighted by Crippen LogP contribution is 2.27. The third kappa shape index (κ3) is 6.51. The number of hydrogen-bond acceptors (Lipinski definition) is 7. The number of allylic oxidation sites excluding steroid dienone is 2. The van der Waals surface area contributed by atoms with Crippen LogP contribution in [0.5, 0.6) is 0 Å². The minimum atomic E-state index is -0.845. The second-order valence-electron chi connectivity index (χ2n) is 9.49. The number of urea groups is 1. The molecular formula is C26H36ClN7O3. The van der Waals surface area contributed by atoms with Gasteiger partial charge in [0.1, 0.15) is 0 Å². The van der Waals surface area contributed by atoms with Crippen molar-refractivity contribution in [2.75, 3.05) is 45.9 Å². The number of halogens is 1. The summed E-state index contributed by atoms with van der Waals surface area (Å²) in [6.45, 7) is 5.77. The van der Waals surface area contributed by atoms with Crippen molar-refractivity contribution in [2.45, 2.75) is 37.9 Å². The maximum Gasteiger partial charge on any atom is 0.335 e. The van der Waals surface area contributed by atoms with Crippen molar-refractivity contribution in [3.05, 3.63) is 59.3 Å². The summed E-state index contributed by atoms with van der Waals surface area (Å²) in [4.78, 5) is 42.0. The second kappa shape index (κ2) is 12.6. The van der Waals surface area contributed by atoms with Crippen molar-refractivity contribution in [1.82, 2.24) is 36.2 Å². The summed E-state index contributed by atoms with van der Waals surface area (Å²) in [5, 5.41) is 12.5. The molecule has 3 heterocycles.